The number of rotatable bonds is 6. The number of para-hydroxylation sites is 2. The van der Waals surface area contributed by atoms with E-state index in [1.54, 1.807) is 13.3 Å². The summed E-state index contributed by atoms with van der Waals surface area (Å²) < 4.78 is 5.44. The Morgan fingerprint density at radius 3 is 2.72 bits per heavy atom. The molecule has 4 heteroatoms. The van der Waals surface area contributed by atoms with E-state index >= 15 is 0 Å². The van der Waals surface area contributed by atoms with Gasteiger partial charge < -0.3 is 10.1 Å². The van der Waals surface area contributed by atoms with Crippen LogP contribution in [0.3, 0.4) is 0 Å². The molecule has 0 aliphatic carbocycles. The number of amides is 1. The second-order valence-corrected chi connectivity index (χ2v) is 5.98. The molecular formula is C21H22N2O2. The monoisotopic (exact) mass is 334 g/mol. The van der Waals surface area contributed by atoms with Crippen molar-refractivity contribution in [3.05, 3.63) is 66.4 Å². The number of ether oxygens (including phenoxy) is 1. The minimum absolute atomic E-state index is 0.0177. The topological polar surface area (TPSA) is 51.2 Å². The number of methoxy groups -OCH3 is 1. The average Bonchev–Trinajstić information content (AvgIpc) is 2.66. The zero-order valence-electron chi connectivity index (χ0n) is 14.5. The van der Waals surface area contributed by atoms with Gasteiger partial charge in [-0.15, -0.1) is 0 Å². The SMILES string of the molecule is CCC(CC(=O)Nc1cccc2cccnc12)c1ccccc1OC. The van der Waals surface area contributed by atoms with E-state index in [0.29, 0.717) is 6.42 Å². The highest BCUT2D eigenvalue weighted by Crippen LogP contribution is 2.31. The molecule has 3 rings (SSSR count). The smallest absolute Gasteiger partial charge is 0.225 e. The van der Waals surface area contributed by atoms with E-state index in [2.05, 4.69) is 17.2 Å². The zero-order chi connectivity index (χ0) is 17.6. The minimum atomic E-state index is -0.0177. The number of benzene rings is 2. The van der Waals surface area contributed by atoms with E-state index in [4.69, 9.17) is 4.74 Å². The molecule has 0 aliphatic rings. The van der Waals surface area contributed by atoms with Crippen molar-refractivity contribution < 1.29 is 9.53 Å². The molecule has 0 fully saturated rings. The molecule has 0 radical (unpaired) electrons. The van der Waals surface area contributed by atoms with Gasteiger partial charge in [0.15, 0.2) is 0 Å². The van der Waals surface area contributed by atoms with Gasteiger partial charge in [-0.2, -0.15) is 0 Å². The summed E-state index contributed by atoms with van der Waals surface area (Å²) in [4.78, 5) is 17.0. The van der Waals surface area contributed by atoms with E-state index in [9.17, 15) is 4.79 Å². The minimum Gasteiger partial charge on any atom is -0.496 e. The maximum absolute atomic E-state index is 12.6. The first-order chi connectivity index (χ1) is 12.2. The first-order valence-corrected chi connectivity index (χ1v) is 8.49. The standard InChI is InChI=1S/C21H22N2O2/c1-3-15(17-10-4-5-12-19(17)25-2)14-20(24)23-18-11-6-8-16-9-7-13-22-21(16)18/h4-13,15H,3,14H2,1-2H3,(H,23,24). The number of pyridine rings is 1. The molecular weight excluding hydrogens is 312 g/mol. The molecule has 0 spiro atoms. The fourth-order valence-corrected chi connectivity index (χ4v) is 3.11. The fraction of sp³-hybridized carbons (Fsp3) is 0.238. The molecule has 4 nitrogen and oxygen atoms in total. The third-order valence-corrected chi connectivity index (χ3v) is 4.41. The first kappa shape index (κ1) is 17.0. The zero-order valence-corrected chi connectivity index (χ0v) is 14.5. The Kier molecular flexibility index (Phi) is 5.29. The number of carbonyl (C=O) groups is 1. The molecule has 0 bridgehead atoms. The molecule has 1 aromatic heterocycles. The number of hydrogen-bond acceptors (Lipinski definition) is 3. The second kappa shape index (κ2) is 7.79. The van der Waals surface area contributed by atoms with Gasteiger partial charge in [-0.3, -0.25) is 9.78 Å². The Morgan fingerprint density at radius 2 is 1.92 bits per heavy atom. The molecule has 0 saturated heterocycles. The van der Waals surface area contributed by atoms with Gasteiger partial charge in [0.1, 0.15) is 5.75 Å². The summed E-state index contributed by atoms with van der Waals surface area (Å²) in [6.07, 6.45) is 3.00. The average molecular weight is 334 g/mol. The van der Waals surface area contributed by atoms with Gasteiger partial charge in [-0.25, -0.2) is 0 Å². The van der Waals surface area contributed by atoms with E-state index in [1.807, 2.05) is 54.6 Å². The number of carbonyl (C=O) groups excluding carboxylic acids is 1. The Balaban J connectivity index is 1.79. The van der Waals surface area contributed by atoms with Crippen LogP contribution in [-0.4, -0.2) is 18.0 Å². The highest BCUT2D eigenvalue weighted by Gasteiger charge is 2.18. The number of nitrogens with one attached hydrogen (secondary N) is 1. The van der Waals surface area contributed by atoms with Gasteiger partial charge in [0.25, 0.3) is 0 Å². The maximum Gasteiger partial charge on any atom is 0.225 e. The Labute approximate surface area is 147 Å². The second-order valence-electron chi connectivity index (χ2n) is 5.98. The fourth-order valence-electron chi connectivity index (χ4n) is 3.11. The summed E-state index contributed by atoms with van der Waals surface area (Å²) in [5.74, 6) is 0.920. The van der Waals surface area contributed by atoms with Gasteiger partial charge in [0.2, 0.25) is 5.91 Å². The van der Waals surface area contributed by atoms with Crippen LogP contribution < -0.4 is 10.1 Å². The summed E-state index contributed by atoms with van der Waals surface area (Å²) in [7, 11) is 1.66. The molecule has 2 aromatic carbocycles. The predicted molar refractivity (Wildman–Crippen MR) is 101 cm³/mol. The summed E-state index contributed by atoms with van der Waals surface area (Å²) in [6.45, 7) is 2.09. The third kappa shape index (κ3) is 3.79. The van der Waals surface area contributed by atoms with Gasteiger partial charge in [0, 0.05) is 18.0 Å². The van der Waals surface area contributed by atoms with Gasteiger partial charge in [-0.1, -0.05) is 43.3 Å². The first-order valence-electron chi connectivity index (χ1n) is 8.49. The van der Waals surface area contributed by atoms with Crippen LogP contribution in [0.1, 0.15) is 31.2 Å². The van der Waals surface area contributed by atoms with Crippen LogP contribution in [-0.2, 0) is 4.79 Å². The van der Waals surface area contributed by atoms with Crippen LogP contribution in [0, 0.1) is 0 Å². The van der Waals surface area contributed by atoms with Crippen molar-refractivity contribution in [2.75, 3.05) is 12.4 Å². The number of anilines is 1. The lowest BCUT2D eigenvalue weighted by Gasteiger charge is -2.18. The van der Waals surface area contributed by atoms with E-state index in [-0.39, 0.29) is 11.8 Å². The predicted octanol–water partition coefficient (Wildman–Crippen LogP) is 4.77. The Bertz CT molecular complexity index is 871. The summed E-state index contributed by atoms with van der Waals surface area (Å²) in [5.41, 5.74) is 2.63. The lowest BCUT2D eigenvalue weighted by Crippen LogP contribution is -2.16. The Morgan fingerprint density at radius 1 is 1.12 bits per heavy atom. The van der Waals surface area contributed by atoms with Crippen LogP contribution in [0.2, 0.25) is 0 Å². The van der Waals surface area contributed by atoms with E-state index in [1.165, 1.54) is 0 Å². The highest BCUT2D eigenvalue weighted by atomic mass is 16.5. The number of fused-ring (bicyclic) bond motifs is 1. The van der Waals surface area contributed by atoms with Crippen molar-refractivity contribution >= 4 is 22.5 Å². The summed E-state index contributed by atoms with van der Waals surface area (Å²) in [5, 5.41) is 4.03. The van der Waals surface area contributed by atoms with Crippen LogP contribution in [0.15, 0.2) is 60.8 Å². The lowest BCUT2D eigenvalue weighted by atomic mass is 9.92. The van der Waals surface area contributed by atoms with Crippen molar-refractivity contribution in [1.29, 1.82) is 0 Å². The molecule has 1 heterocycles. The van der Waals surface area contributed by atoms with Crippen molar-refractivity contribution in [3.63, 3.8) is 0 Å². The van der Waals surface area contributed by atoms with Crippen molar-refractivity contribution in [1.82, 2.24) is 4.98 Å². The van der Waals surface area contributed by atoms with Crippen molar-refractivity contribution in [3.8, 4) is 5.75 Å². The molecule has 128 valence electrons. The quantitative estimate of drug-likeness (QED) is 0.707. The summed E-state index contributed by atoms with van der Waals surface area (Å²) >= 11 is 0. The lowest BCUT2D eigenvalue weighted by molar-refractivity contribution is -0.116. The molecule has 1 amide bonds. The van der Waals surface area contributed by atoms with Crippen LogP contribution >= 0.6 is 0 Å². The van der Waals surface area contributed by atoms with Gasteiger partial charge in [-0.05, 0) is 36.1 Å². The number of nitrogens with zero attached hydrogens (tertiary/aromatic N) is 1. The van der Waals surface area contributed by atoms with E-state index < -0.39 is 0 Å². The normalized spacial score (nSPS) is 11.9. The number of aromatic nitrogens is 1. The van der Waals surface area contributed by atoms with Crippen LogP contribution in [0.5, 0.6) is 5.75 Å². The molecule has 1 N–H and O–H groups in total. The highest BCUT2D eigenvalue weighted by molar-refractivity contribution is 6.00. The largest absolute Gasteiger partial charge is 0.496 e. The number of hydrogen-bond donors (Lipinski definition) is 1. The van der Waals surface area contributed by atoms with Crippen molar-refractivity contribution in [2.45, 2.75) is 25.7 Å². The molecule has 25 heavy (non-hydrogen) atoms. The maximum atomic E-state index is 12.6. The third-order valence-electron chi connectivity index (χ3n) is 4.41. The molecule has 1 atom stereocenters. The Hall–Kier alpha value is -2.88. The molecule has 1 unspecified atom stereocenters. The van der Waals surface area contributed by atoms with Gasteiger partial charge in [0.05, 0.1) is 18.3 Å². The summed E-state index contributed by atoms with van der Waals surface area (Å²) in [6, 6.07) is 17.6. The van der Waals surface area contributed by atoms with Crippen LogP contribution in [0.25, 0.3) is 10.9 Å². The molecule has 3 aromatic rings. The van der Waals surface area contributed by atoms with Crippen molar-refractivity contribution in [2.24, 2.45) is 0 Å². The van der Waals surface area contributed by atoms with E-state index in [0.717, 1.165) is 34.3 Å². The molecule has 0 aliphatic heterocycles. The molecule has 0 saturated carbocycles. The van der Waals surface area contributed by atoms with Gasteiger partial charge >= 0.3 is 0 Å². The van der Waals surface area contributed by atoms with Crippen LogP contribution in [0.4, 0.5) is 5.69 Å².